The predicted octanol–water partition coefficient (Wildman–Crippen LogP) is 4.53. The lowest BCUT2D eigenvalue weighted by Crippen LogP contribution is -2.52. The van der Waals surface area contributed by atoms with E-state index in [1.54, 1.807) is 69.5 Å². The lowest BCUT2D eigenvalue weighted by atomic mass is 10.1. The Balaban J connectivity index is 2.02. The van der Waals surface area contributed by atoms with E-state index in [0.717, 1.165) is 16.3 Å². The van der Waals surface area contributed by atoms with E-state index in [-0.39, 0.29) is 23.4 Å². The summed E-state index contributed by atoms with van der Waals surface area (Å²) in [5.74, 6) is -0.140. The van der Waals surface area contributed by atoms with Crippen molar-refractivity contribution in [1.29, 1.82) is 0 Å². The summed E-state index contributed by atoms with van der Waals surface area (Å²) in [7, 11) is -2.52. The molecule has 0 saturated carbocycles. The van der Waals surface area contributed by atoms with Gasteiger partial charge in [0.2, 0.25) is 11.8 Å². The van der Waals surface area contributed by atoms with Gasteiger partial charge in [-0.1, -0.05) is 55.5 Å². The van der Waals surface area contributed by atoms with Gasteiger partial charge in [0.25, 0.3) is 10.0 Å². The molecule has 0 aromatic heterocycles. The van der Waals surface area contributed by atoms with Crippen LogP contribution < -0.4 is 14.4 Å². The Labute approximate surface area is 231 Å². The second-order valence-corrected chi connectivity index (χ2v) is 11.3. The van der Waals surface area contributed by atoms with Crippen LogP contribution in [0.15, 0.2) is 83.8 Å². The molecule has 0 saturated heterocycles. The summed E-state index contributed by atoms with van der Waals surface area (Å²) < 4.78 is 34.0. The molecular weight excluding hydrogens is 514 g/mol. The summed E-state index contributed by atoms with van der Waals surface area (Å²) in [5, 5.41) is 2.93. The quantitative estimate of drug-likeness (QED) is 0.357. The molecule has 3 rings (SSSR count). The standard InChI is InChI=1S/C30H37N3O5S/c1-6-23(3)31-30(35)24(4)32(20-25-16-18-26(38-5)19-17-25)29(34)21-33(28-15-11-10-12-22(28)2)39(36,37)27-13-8-7-9-14-27/h7-19,23-24H,6,20-21H2,1-5H3,(H,31,35)/t23-,24+/m1/s1. The summed E-state index contributed by atoms with van der Waals surface area (Å²) in [6, 6.07) is 21.3. The molecule has 2 amide bonds. The monoisotopic (exact) mass is 551 g/mol. The molecule has 3 aromatic rings. The highest BCUT2D eigenvalue weighted by atomic mass is 32.2. The molecule has 0 aliphatic heterocycles. The molecule has 0 spiro atoms. The molecule has 0 heterocycles. The largest absolute Gasteiger partial charge is 0.497 e. The fourth-order valence-electron chi connectivity index (χ4n) is 4.05. The van der Waals surface area contributed by atoms with Crippen molar-refractivity contribution in [2.45, 2.75) is 57.6 Å². The highest BCUT2D eigenvalue weighted by Crippen LogP contribution is 2.27. The lowest BCUT2D eigenvalue weighted by Gasteiger charge is -2.33. The van der Waals surface area contributed by atoms with Gasteiger partial charge in [-0.05, 0) is 68.7 Å². The zero-order valence-corrected chi connectivity index (χ0v) is 23.9. The van der Waals surface area contributed by atoms with Gasteiger partial charge in [-0.15, -0.1) is 0 Å². The number of rotatable bonds is 12. The van der Waals surface area contributed by atoms with E-state index < -0.39 is 28.5 Å². The van der Waals surface area contributed by atoms with Gasteiger partial charge >= 0.3 is 0 Å². The first-order valence-electron chi connectivity index (χ1n) is 12.9. The third-order valence-electron chi connectivity index (χ3n) is 6.67. The Bertz CT molecular complexity index is 1360. The maximum absolute atomic E-state index is 14.0. The van der Waals surface area contributed by atoms with Crippen LogP contribution in [0.3, 0.4) is 0 Å². The Morgan fingerprint density at radius 3 is 2.13 bits per heavy atom. The van der Waals surface area contributed by atoms with Crippen LogP contribution in [-0.2, 0) is 26.2 Å². The normalized spacial score (nSPS) is 12.7. The van der Waals surface area contributed by atoms with Crippen LogP contribution in [0.2, 0.25) is 0 Å². The number of aryl methyl sites for hydroxylation is 1. The van der Waals surface area contributed by atoms with Crippen LogP contribution in [0.4, 0.5) is 5.69 Å². The predicted molar refractivity (Wildman–Crippen MR) is 153 cm³/mol. The van der Waals surface area contributed by atoms with Gasteiger partial charge in [0.05, 0.1) is 17.7 Å². The van der Waals surface area contributed by atoms with Gasteiger partial charge in [0, 0.05) is 12.6 Å². The summed E-state index contributed by atoms with van der Waals surface area (Å²) >= 11 is 0. The van der Waals surface area contributed by atoms with Crippen molar-refractivity contribution >= 4 is 27.5 Å². The van der Waals surface area contributed by atoms with Crippen molar-refractivity contribution in [2.24, 2.45) is 0 Å². The molecule has 8 nitrogen and oxygen atoms in total. The molecule has 0 radical (unpaired) electrons. The lowest BCUT2D eigenvalue weighted by molar-refractivity contribution is -0.139. The molecule has 9 heteroatoms. The third-order valence-corrected chi connectivity index (χ3v) is 8.45. The van der Waals surface area contributed by atoms with Crippen molar-refractivity contribution in [2.75, 3.05) is 18.0 Å². The number of sulfonamides is 1. The zero-order chi connectivity index (χ0) is 28.6. The van der Waals surface area contributed by atoms with Crippen LogP contribution in [-0.4, -0.2) is 50.9 Å². The molecule has 0 bridgehead atoms. The van der Waals surface area contributed by atoms with Gasteiger partial charge in [-0.3, -0.25) is 13.9 Å². The minimum atomic E-state index is -4.09. The number of anilines is 1. The third kappa shape index (κ3) is 7.38. The van der Waals surface area contributed by atoms with Crippen molar-refractivity contribution in [3.05, 3.63) is 90.0 Å². The van der Waals surface area contributed by atoms with Crippen LogP contribution in [0.1, 0.15) is 38.3 Å². The van der Waals surface area contributed by atoms with Gasteiger partial charge in [0.1, 0.15) is 18.3 Å². The summed E-state index contributed by atoms with van der Waals surface area (Å²) in [6.07, 6.45) is 0.737. The molecule has 0 aliphatic rings. The molecule has 3 aromatic carbocycles. The molecule has 0 unspecified atom stereocenters. The molecule has 2 atom stereocenters. The number of nitrogens with one attached hydrogen (secondary N) is 1. The SMILES string of the molecule is CC[C@@H](C)NC(=O)[C@H](C)N(Cc1ccc(OC)cc1)C(=O)CN(c1ccccc1C)S(=O)(=O)c1ccccc1. The minimum absolute atomic E-state index is 0.0696. The maximum atomic E-state index is 14.0. The Kier molecular flexibility index (Phi) is 10.1. The Hall–Kier alpha value is -3.85. The summed E-state index contributed by atoms with van der Waals surface area (Å²) in [4.78, 5) is 28.6. The van der Waals surface area contributed by atoms with Gasteiger partial charge in [-0.2, -0.15) is 0 Å². The highest BCUT2D eigenvalue weighted by Gasteiger charge is 2.33. The second-order valence-electron chi connectivity index (χ2n) is 9.47. The number of nitrogens with zero attached hydrogens (tertiary/aromatic N) is 2. The number of hydrogen-bond donors (Lipinski definition) is 1. The number of hydrogen-bond acceptors (Lipinski definition) is 5. The molecule has 0 fully saturated rings. The van der Waals surface area contributed by atoms with E-state index >= 15 is 0 Å². The van der Waals surface area contributed by atoms with Crippen LogP contribution in [0.25, 0.3) is 0 Å². The zero-order valence-electron chi connectivity index (χ0n) is 23.1. The summed E-state index contributed by atoms with van der Waals surface area (Å²) in [6.45, 7) is 6.95. The summed E-state index contributed by atoms with van der Waals surface area (Å²) in [5.41, 5.74) is 1.88. The van der Waals surface area contributed by atoms with Crippen molar-refractivity contribution in [3.8, 4) is 5.75 Å². The maximum Gasteiger partial charge on any atom is 0.264 e. The number of carbonyl (C=O) groups excluding carboxylic acids is 2. The number of benzene rings is 3. The van der Waals surface area contributed by atoms with Crippen LogP contribution >= 0.6 is 0 Å². The smallest absolute Gasteiger partial charge is 0.264 e. The number of carbonyl (C=O) groups is 2. The van der Waals surface area contributed by atoms with E-state index in [2.05, 4.69) is 5.32 Å². The van der Waals surface area contributed by atoms with E-state index in [1.807, 2.05) is 32.0 Å². The first-order valence-corrected chi connectivity index (χ1v) is 14.4. The highest BCUT2D eigenvalue weighted by molar-refractivity contribution is 7.92. The van der Waals surface area contributed by atoms with Crippen molar-refractivity contribution in [3.63, 3.8) is 0 Å². The molecule has 0 aliphatic carbocycles. The molecule has 208 valence electrons. The fourth-order valence-corrected chi connectivity index (χ4v) is 5.55. The van der Waals surface area contributed by atoms with Crippen molar-refractivity contribution < 1.29 is 22.7 Å². The number of amides is 2. The Morgan fingerprint density at radius 1 is 0.923 bits per heavy atom. The topological polar surface area (TPSA) is 96.0 Å². The number of methoxy groups -OCH3 is 1. The van der Waals surface area contributed by atoms with Crippen molar-refractivity contribution in [1.82, 2.24) is 10.2 Å². The Morgan fingerprint density at radius 2 is 1.54 bits per heavy atom. The molecular formula is C30H37N3O5S. The van der Waals surface area contributed by atoms with Gasteiger partial charge in [0.15, 0.2) is 0 Å². The first-order chi connectivity index (χ1) is 18.6. The number of ether oxygens (including phenoxy) is 1. The van der Waals surface area contributed by atoms with Crippen LogP contribution in [0.5, 0.6) is 5.75 Å². The molecule has 39 heavy (non-hydrogen) atoms. The van der Waals surface area contributed by atoms with E-state index in [1.165, 1.54) is 17.0 Å². The van der Waals surface area contributed by atoms with E-state index in [9.17, 15) is 18.0 Å². The van der Waals surface area contributed by atoms with Gasteiger partial charge < -0.3 is 15.0 Å². The first kappa shape index (κ1) is 29.7. The second kappa shape index (κ2) is 13.3. The van der Waals surface area contributed by atoms with Crippen LogP contribution in [0, 0.1) is 6.92 Å². The fraction of sp³-hybridized carbons (Fsp3) is 0.333. The average molecular weight is 552 g/mol. The number of para-hydroxylation sites is 1. The van der Waals surface area contributed by atoms with Gasteiger partial charge in [-0.25, -0.2) is 8.42 Å². The van der Waals surface area contributed by atoms with E-state index in [0.29, 0.717) is 17.0 Å². The van der Waals surface area contributed by atoms with E-state index in [4.69, 9.17) is 4.74 Å². The minimum Gasteiger partial charge on any atom is -0.497 e. The molecule has 1 N–H and O–H groups in total. The average Bonchev–Trinajstić information content (AvgIpc) is 2.95.